The molecule has 0 saturated carbocycles. The van der Waals surface area contributed by atoms with Crippen LogP contribution in [0.15, 0.2) is 30.7 Å². The fourth-order valence-electron chi connectivity index (χ4n) is 2.63. The summed E-state index contributed by atoms with van der Waals surface area (Å²) >= 11 is 0. The molecular formula is C16H15F2N7. The summed E-state index contributed by atoms with van der Waals surface area (Å²) in [7, 11) is 0. The van der Waals surface area contributed by atoms with Crippen LogP contribution in [0.5, 0.6) is 0 Å². The lowest BCUT2D eigenvalue weighted by Gasteiger charge is -2.07. The van der Waals surface area contributed by atoms with E-state index in [-0.39, 0.29) is 11.7 Å². The summed E-state index contributed by atoms with van der Waals surface area (Å²) in [5, 5.41) is 8.20. The van der Waals surface area contributed by atoms with Crippen LogP contribution in [0.25, 0.3) is 27.9 Å². The van der Waals surface area contributed by atoms with Crippen LogP contribution in [-0.4, -0.2) is 35.6 Å². The van der Waals surface area contributed by atoms with Gasteiger partial charge in [-0.3, -0.25) is 0 Å². The van der Waals surface area contributed by atoms with Gasteiger partial charge in [0.2, 0.25) is 5.95 Å². The fourth-order valence-corrected chi connectivity index (χ4v) is 2.63. The number of H-pyrrole nitrogens is 1. The highest BCUT2D eigenvalue weighted by atomic mass is 19.3. The number of alkyl halides is 2. The van der Waals surface area contributed by atoms with E-state index in [1.54, 1.807) is 24.5 Å². The average molecular weight is 343 g/mol. The monoisotopic (exact) mass is 343 g/mol. The highest BCUT2D eigenvalue weighted by Gasteiger charge is 2.16. The van der Waals surface area contributed by atoms with Gasteiger partial charge in [0.15, 0.2) is 5.65 Å². The molecule has 0 radical (unpaired) electrons. The van der Waals surface area contributed by atoms with E-state index in [2.05, 4.69) is 30.4 Å². The molecule has 0 atom stereocenters. The van der Waals surface area contributed by atoms with Gasteiger partial charge in [0.25, 0.3) is 6.43 Å². The standard InChI is InChI=1S/C16H15F2N7/c1-8(2)22-16-21-6-10-9(5-20-15(10)23-16)11-3-4-13-19-7-12(14(17)18)25(13)24-11/h3-8,14H,1-2H3,(H2,20,21,22,23). The summed E-state index contributed by atoms with van der Waals surface area (Å²) in [4.78, 5) is 15.7. The minimum absolute atomic E-state index is 0.213. The lowest BCUT2D eigenvalue weighted by atomic mass is 10.2. The van der Waals surface area contributed by atoms with Crippen molar-refractivity contribution in [3.63, 3.8) is 0 Å². The quantitative estimate of drug-likeness (QED) is 0.593. The smallest absolute Gasteiger partial charge is 0.282 e. The van der Waals surface area contributed by atoms with Gasteiger partial charge >= 0.3 is 0 Å². The zero-order valence-corrected chi connectivity index (χ0v) is 13.5. The summed E-state index contributed by atoms with van der Waals surface area (Å²) in [6.07, 6.45) is 1.92. The summed E-state index contributed by atoms with van der Waals surface area (Å²) in [5.74, 6) is 0.522. The lowest BCUT2D eigenvalue weighted by Crippen LogP contribution is -2.12. The van der Waals surface area contributed by atoms with Gasteiger partial charge in [0.1, 0.15) is 11.3 Å². The first-order valence-electron chi connectivity index (χ1n) is 7.77. The number of hydrogen-bond donors (Lipinski definition) is 2. The van der Waals surface area contributed by atoms with Crippen LogP contribution in [0.1, 0.15) is 26.0 Å². The molecule has 0 fully saturated rings. The van der Waals surface area contributed by atoms with E-state index < -0.39 is 6.43 Å². The van der Waals surface area contributed by atoms with Gasteiger partial charge in [-0.1, -0.05) is 0 Å². The van der Waals surface area contributed by atoms with Crippen molar-refractivity contribution in [3.05, 3.63) is 36.4 Å². The Morgan fingerprint density at radius 1 is 1.16 bits per heavy atom. The van der Waals surface area contributed by atoms with Crippen molar-refractivity contribution in [1.82, 2.24) is 29.5 Å². The SMILES string of the molecule is CC(C)Nc1ncc2c(-c3ccc4ncc(C(F)F)n4n3)c[nH]c2n1. The molecule has 4 aromatic rings. The second-order valence-electron chi connectivity index (χ2n) is 5.93. The number of halogens is 2. The van der Waals surface area contributed by atoms with E-state index >= 15 is 0 Å². The Morgan fingerprint density at radius 2 is 2.00 bits per heavy atom. The number of rotatable bonds is 4. The van der Waals surface area contributed by atoms with E-state index in [0.29, 0.717) is 22.9 Å². The van der Waals surface area contributed by atoms with Crippen molar-refractivity contribution in [2.24, 2.45) is 0 Å². The average Bonchev–Trinajstić information content (AvgIpc) is 3.16. The van der Waals surface area contributed by atoms with E-state index in [9.17, 15) is 8.78 Å². The molecule has 7 nitrogen and oxygen atoms in total. The molecule has 0 aliphatic heterocycles. The molecule has 25 heavy (non-hydrogen) atoms. The number of nitrogens with zero attached hydrogens (tertiary/aromatic N) is 5. The molecule has 0 bridgehead atoms. The van der Waals surface area contributed by atoms with Crippen LogP contribution in [0.3, 0.4) is 0 Å². The maximum atomic E-state index is 13.1. The van der Waals surface area contributed by atoms with E-state index in [1.807, 2.05) is 13.8 Å². The van der Waals surface area contributed by atoms with Gasteiger partial charge in [-0.15, -0.1) is 0 Å². The zero-order valence-electron chi connectivity index (χ0n) is 13.5. The molecule has 0 aliphatic rings. The predicted molar refractivity (Wildman–Crippen MR) is 89.6 cm³/mol. The van der Waals surface area contributed by atoms with Crippen LogP contribution >= 0.6 is 0 Å². The molecular weight excluding hydrogens is 328 g/mol. The summed E-state index contributed by atoms with van der Waals surface area (Å²) < 4.78 is 27.3. The van der Waals surface area contributed by atoms with Gasteiger partial charge < -0.3 is 10.3 Å². The Labute approximate surface area is 141 Å². The van der Waals surface area contributed by atoms with Crippen molar-refractivity contribution in [3.8, 4) is 11.3 Å². The molecule has 0 unspecified atom stereocenters. The molecule has 0 saturated heterocycles. The van der Waals surface area contributed by atoms with E-state index in [4.69, 9.17) is 0 Å². The van der Waals surface area contributed by atoms with Crippen molar-refractivity contribution in [2.75, 3.05) is 5.32 Å². The molecule has 0 aromatic carbocycles. The van der Waals surface area contributed by atoms with Crippen LogP contribution in [0.4, 0.5) is 14.7 Å². The third-order valence-corrected chi connectivity index (χ3v) is 3.74. The molecule has 0 aliphatic carbocycles. The Balaban J connectivity index is 1.81. The van der Waals surface area contributed by atoms with Gasteiger partial charge in [-0.25, -0.2) is 23.3 Å². The number of imidazole rings is 1. The third-order valence-electron chi connectivity index (χ3n) is 3.74. The van der Waals surface area contributed by atoms with Crippen LogP contribution in [0, 0.1) is 0 Å². The first-order valence-corrected chi connectivity index (χ1v) is 7.77. The van der Waals surface area contributed by atoms with Gasteiger partial charge in [-0.05, 0) is 26.0 Å². The summed E-state index contributed by atoms with van der Waals surface area (Å²) in [6, 6.07) is 3.60. The normalized spacial score (nSPS) is 11.9. The summed E-state index contributed by atoms with van der Waals surface area (Å²) in [6.45, 7) is 4.00. The minimum atomic E-state index is -2.64. The molecule has 4 rings (SSSR count). The first-order chi connectivity index (χ1) is 12.0. The Morgan fingerprint density at radius 3 is 2.76 bits per heavy atom. The lowest BCUT2D eigenvalue weighted by molar-refractivity contribution is 0.143. The number of aromatic amines is 1. The molecule has 0 spiro atoms. The van der Waals surface area contributed by atoms with Crippen molar-refractivity contribution in [1.29, 1.82) is 0 Å². The molecule has 4 heterocycles. The second-order valence-corrected chi connectivity index (χ2v) is 5.93. The number of fused-ring (bicyclic) bond motifs is 2. The fraction of sp³-hybridized carbons (Fsp3) is 0.250. The summed E-state index contributed by atoms with van der Waals surface area (Å²) in [5.41, 5.74) is 2.05. The number of anilines is 1. The van der Waals surface area contributed by atoms with E-state index in [1.165, 1.54) is 0 Å². The largest absolute Gasteiger partial charge is 0.352 e. The van der Waals surface area contributed by atoms with Crippen molar-refractivity contribution >= 4 is 22.6 Å². The molecule has 4 aromatic heterocycles. The van der Waals surface area contributed by atoms with Crippen LogP contribution < -0.4 is 5.32 Å². The molecule has 0 amide bonds. The minimum Gasteiger partial charge on any atom is -0.352 e. The van der Waals surface area contributed by atoms with Gasteiger partial charge in [0, 0.05) is 29.4 Å². The molecule has 2 N–H and O–H groups in total. The Hall–Kier alpha value is -3.10. The maximum absolute atomic E-state index is 13.1. The zero-order chi connectivity index (χ0) is 17.6. The molecule has 128 valence electrons. The second kappa shape index (κ2) is 5.76. The topological polar surface area (TPSA) is 83.8 Å². The highest BCUT2D eigenvalue weighted by Crippen LogP contribution is 2.27. The Kier molecular flexibility index (Phi) is 3.56. The predicted octanol–water partition coefficient (Wildman–Crippen LogP) is 3.43. The number of hydrogen-bond acceptors (Lipinski definition) is 5. The Bertz CT molecular complexity index is 1050. The molecule has 9 heteroatoms. The van der Waals surface area contributed by atoms with E-state index in [0.717, 1.165) is 21.7 Å². The van der Waals surface area contributed by atoms with Gasteiger partial charge in [0.05, 0.1) is 11.9 Å². The maximum Gasteiger partial charge on any atom is 0.282 e. The third kappa shape index (κ3) is 2.67. The van der Waals surface area contributed by atoms with Crippen LogP contribution in [0.2, 0.25) is 0 Å². The number of nitrogens with one attached hydrogen (secondary N) is 2. The highest BCUT2D eigenvalue weighted by molar-refractivity contribution is 5.92. The first kappa shape index (κ1) is 15.4. The number of aromatic nitrogens is 6. The van der Waals surface area contributed by atoms with Gasteiger partial charge in [-0.2, -0.15) is 10.1 Å². The van der Waals surface area contributed by atoms with Crippen molar-refractivity contribution < 1.29 is 8.78 Å². The van der Waals surface area contributed by atoms with Crippen molar-refractivity contribution in [2.45, 2.75) is 26.3 Å². The van der Waals surface area contributed by atoms with Crippen LogP contribution in [-0.2, 0) is 0 Å².